The summed E-state index contributed by atoms with van der Waals surface area (Å²) < 4.78 is 0. The van der Waals surface area contributed by atoms with Crippen molar-refractivity contribution in [2.24, 2.45) is 11.7 Å². The SMILES string of the molecule is C=C/C=C(\C=C(/C)N)CC.CC.CCCC(CCC)Cc1ccc(N2C3=C(C=C=C=C3)Cc3ccccc32)cc1. The minimum absolute atomic E-state index is 0.808. The Balaban J connectivity index is 0.000000398. The average Bonchev–Trinajstić information content (AvgIpc) is 2.97. The summed E-state index contributed by atoms with van der Waals surface area (Å²) in [5.41, 5.74) is 21.7. The van der Waals surface area contributed by atoms with E-state index in [1.54, 1.807) is 6.08 Å². The number of fused-ring (bicyclic) bond motifs is 1. The highest BCUT2D eigenvalue weighted by Crippen LogP contribution is 2.40. The Morgan fingerprint density at radius 1 is 0.975 bits per heavy atom. The molecule has 0 amide bonds. The first-order valence-electron chi connectivity index (χ1n) is 15.1. The Hall–Kier alpha value is -3.70. The number of nitrogens with two attached hydrogens (primary N) is 1. The van der Waals surface area contributed by atoms with Crippen LogP contribution < -0.4 is 10.6 Å². The van der Waals surface area contributed by atoms with Gasteiger partial charge in [-0.2, -0.15) is 0 Å². The smallest absolute Gasteiger partial charge is 0.0587 e. The monoisotopic (exact) mass is 534 g/mol. The van der Waals surface area contributed by atoms with Crippen molar-refractivity contribution in [3.8, 4) is 0 Å². The summed E-state index contributed by atoms with van der Waals surface area (Å²) in [5, 5.41) is 0. The summed E-state index contributed by atoms with van der Waals surface area (Å²) in [7, 11) is 0. The van der Waals surface area contributed by atoms with Gasteiger partial charge in [-0.05, 0) is 78.3 Å². The van der Waals surface area contributed by atoms with Crippen molar-refractivity contribution in [3.63, 3.8) is 0 Å². The van der Waals surface area contributed by atoms with Crippen LogP contribution in [0.3, 0.4) is 0 Å². The molecule has 2 aromatic rings. The van der Waals surface area contributed by atoms with E-state index in [4.69, 9.17) is 5.73 Å². The third-order valence-corrected chi connectivity index (χ3v) is 6.99. The van der Waals surface area contributed by atoms with Gasteiger partial charge >= 0.3 is 0 Å². The summed E-state index contributed by atoms with van der Waals surface area (Å²) in [6.45, 7) is 16.2. The molecule has 0 atom stereocenters. The molecular formula is C38H50N2. The number of benzene rings is 2. The van der Waals surface area contributed by atoms with Gasteiger partial charge in [0, 0.05) is 29.6 Å². The Labute approximate surface area is 244 Å². The number of hydrogen-bond acceptors (Lipinski definition) is 2. The van der Waals surface area contributed by atoms with Crippen molar-refractivity contribution in [2.75, 3.05) is 4.90 Å². The fourth-order valence-electron chi connectivity index (χ4n) is 5.24. The molecule has 0 aromatic heterocycles. The van der Waals surface area contributed by atoms with Gasteiger partial charge in [-0.15, -0.1) is 0 Å². The van der Waals surface area contributed by atoms with Gasteiger partial charge in [0.2, 0.25) is 0 Å². The van der Waals surface area contributed by atoms with Gasteiger partial charge in [0.1, 0.15) is 0 Å². The molecule has 0 spiro atoms. The first kappa shape index (κ1) is 32.5. The average molecular weight is 535 g/mol. The van der Waals surface area contributed by atoms with Crippen molar-refractivity contribution < 1.29 is 0 Å². The molecule has 2 aromatic carbocycles. The minimum Gasteiger partial charge on any atom is -0.402 e. The minimum atomic E-state index is 0.808. The van der Waals surface area contributed by atoms with Crippen LogP contribution in [0.1, 0.15) is 84.8 Å². The maximum atomic E-state index is 5.49. The fraction of sp³-hybridized carbons (Fsp3) is 0.368. The van der Waals surface area contributed by atoms with Gasteiger partial charge in [-0.3, -0.25) is 0 Å². The molecule has 1 aliphatic heterocycles. The van der Waals surface area contributed by atoms with Gasteiger partial charge in [-0.25, -0.2) is 0 Å². The standard InChI is InChI=1S/C27H29N.C9H15N.C2H6/c1-3-9-21(10-4-2)19-22-15-17-25(18-16-22)28-26-13-7-5-11-23(26)20-24-12-6-8-14-27(24)28;1-4-6-9(5-2)7-8(3)10;1-2/h5,7,11-18,21H,3-4,9-10,19-20H2,1-2H3;4,6-7H,1,5,10H2,2-3H3;1-2H3/b;8-7+,9-6-;. The number of hydrogen-bond donors (Lipinski definition) is 1. The van der Waals surface area contributed by atoms with Crippen molar-refractivity contribution in [3.05, 3.63) is 131 Å². The van der Waals surface area contributed by atoms with E-state index in [-0.39, 0.29) is 0 Å². The van der Waals surface area contributed by atoms with Crippen molar-refractivity contribution in [1.29, 1.82) is 0 Å². The third kappa shape index (κ3) is 9.49. The Morgan fingerprint density at radius 3 is 2.23 bits per heavy atom. The van der Waals surface area contributed by atoms with E-state index in [0.717, 1.165) is 24.5 Å². The number of anilines is 2. The number of para-hydroxylation sites is 1. The van der Waals surface area contributed by atoms with Crippen LogP contribution in [-0.4, -0.2) is 0 Å². The lowest BCUT2D eigenvalue weighted by Gasteiger charge is -2.34. The predicted octanol–water partition coefficient (Wildman–Crippen LogP) is 10.7. The Bertz CT molecular complexity index is 1260. The zero-order valence-corrected chi connectivity index (χ0v) is 25.8. The van der Waals surface area contributed by atoms with E-state index in [1.165, 1.54) is 71.4 Å². The molecule has 40 heavy (non-hydrogen) atoms. The van der Waals surface area contributed by atoms with Crippen LogP contribution in [0.5, 0.6) is 0 Å². The van der Waals surface area contributed by atoms with E-state index in [9.17, 15) is 0 Å². The zero-order chi connectivity index (χ0) is 29.3. The highest BCUT2D eigenvalue weighted by molar-refractivity contribution is 5.77. The summed E-state index contributed by atoms with van der Waals surface area (Å²) in [6.07, 6.45) is 18.2. The molecule has 1 heterocycles. The summed E-state index contributed by atoms with van der Waals surface area (Å²) in [6, 6.07) is 17.9. The highest BCUT2D eigenvalue weighted by Gasteiger charge is 2.24. The maximum absolute atomic E-state index is 5.49. The first-order valence-corrected chi connectivity index (χ1v) is 15.1. The molecule has 2 nitrogen and oxygen atoms in total. The molecule has 0 bridgehead atoms. The number of allylic oxidation sites excluding steroid dienone is 8. The Kier molecular flexibility index (Phi) is 14.5. The van der Waals surface area contributed by atoms with E-state index in [0.29, 0.717) is 0 Å². The van der Waals surface area contributed by atoms with Crippen LogP contribution in [0.2, 0.25) is 0 Å². The maximum Gasteiger partial charge on any atom is 0.0587 e. The van der Waals surface area contributed by atoms with Gasteiger partial charge in [0.05, 0.1) is 5.70 Å². The molecular weight excluding hydrogens is 484 g/mol. The van der Waals surface area contributed by atoms with E-state index >= 15 is 0 Å². The molecule has 2 heteroatoms. The lowest BCUT2D eigenvalue weighted by Crippen LogP contribution is -2.23. The van der Waals surface area contributed by atoms with Crippen LogP contribution >= 0.6 is 0 Å². The Morgan fingerprint density at radius 2 is 1.62 bits per heavy atom. The van der Waals surface area contributed by atoms with E-state index in [2.05, 4.69) is 104 Å². The molecule has 2 aliphatic rings. The number of nitrogens with zero attached hydrogens (tertiary/aromatic N) is 1. The topological polar surface area (TPSA) is 29.3 Å². The first-order chi connectivity index (χ1) is 19.5. The van der Waals surface area contributed by atoms with Crippen LogP contribution in [0.4, 0.5) is 11.4 Å². The van der Waals surface area contributed by atoms with Crippen molar-refractivity contribution in [2.45, 2.75) is 86.5 Å². The van der Waals surface area contributed by atoms with Crippen LogP contribution in [0, 0.1) is 5.92 Å². The van der Waals surface area contributed by atoms with Gasteiger partial charge in [-0.1, -0.05) is 121 Å². The summed E-state index contributed by atoms with van der Waals surface area (Å²) >= 11 is 0. The second-order valence-corrected chi connectivity index (χ2v) is 10.2. The van der Waals surface area contributed by atoms with Crippen LogP contribution in [-0.2, 0) is 12.8 Å². The summed E-state index contributed by atoms with van der Waals surface area (Å²) in [4.78, 5) is 2.37. The second kappa shape index (κ2) is 17.8. The lowest BCUT2D eigenvalue weighted by molar-refractivity contribution is 0.438. The van der Waals surface area contributed by atoms with Crippen molar-refractivity contribution in [1.82, 2.24) is 0 Å². The highest BCUT2D eigenvalue weighted by atomic mass is 15.2. The molecule has 212 valence electrons. The van der Waals surface area contributed by atoms with E-state index < -0.39 is 0 Å². The summed E-state index contributed by atoms with van der Waals surface area (Å²) in [5.74, 6) is 0.808. The second-order valence-electron chi connectivity index (χ2n) is 10.2. The number of rotatable bonds is 10. The molecule has 4 rings (SSSR count). The predicted molar refractivity (Wildman–Crippen MR) is 177 cm³/mol. The molecule has 0 fully saturated rings. The fourth-order valence-corrected chi connectivity index (χ4v) is 5.24. The zero-order valence-electron chi connectivity index (χ0n) is 25.8. The van der Waals surface area contributed by atoms with Crippen LogP contribution in [0.25, 0.3) is 0 Å². The third-order valence-electron chi connectivity index (χ3n) is 6.99. The molecule has 0 saturated heterocycles. The normalized spacial score (nSPS) is 13.7. The van der Waals surface area contributed by atoms with Crippen LogP contribution in [0.15, 0.2) is 119 Å². The van der Waals surface area contributed by atoms with E-state index in [1.807, 2.05) is 32.9 Å². The largest absolute Gasteiger partial charge is 0.402 e. The molecule has 1 aliphatic carbocycles. The van der Waals surface area contributed by atoms with Gasteiger partial charge in [0.25, 0.3) is 0 Å². The van der Waals surface area contributed by atoms with Gasteiger partial charge in [0.15, 0.2) is 0 Å². The lowest BCUT2D eigenvalue weighted by atomic mass is 9.90. The quantitative estimate of drug-likeness (QED) is 0.243. The molecule has 2 N–H and O–H groups in total. The molecule has 0 unspecified atom stereocenters. The van der Waals surface area contributed by atoms with Gasteiger partial charge < -0.3 is 10.6 Å². The molecule has 0 saturated carbocycles. The molecule has 0 radical (unpaired) electrons. The van der Waals surface area contributed by atoms with Crippen molar-refractivity contribution >= 4 is 11.4 Å².